The Morgan fingerprint density at radius 2 is 1.96 bits per heavy atom. The van der Waals surface area contributed by atoms with Gasteiger partial charge in [0.15, 0.2) is 0 Å². The maximum absolute atomic E-state index is 12.9. The van der Waals surface area contributed by atoms with Gasteiger partial charge in [-0.25, -0.2) is 4.39 Å². The summed E-state index contributed by atoms with van der Waals surface area (Å²) >= 11 is 0. The van der Waals surface area contributed by atoms with Crippen molar-refractivity contribution in [3.8, 4) is 12.1 Å². The Hall–Kier alpha value is -3.38. The molecule has 1 unspecified atom stereocenters. The molecule has 0 radical (unpaired) electrons. The van der Waals surface area contributed by atoms with E-state index < -0.39 is 5.82 Å². The zero-order valence-electron chi connectivity index (χ0n) is 12.1. The highest BCUT2D eigenvalue weighted by Gasteiger charge is 2.14. The Morgan fingerprint density at radius 1 is 1.26 bits per heavy atom. The average Bonchev–Trinajstić information content (AvgIpc) is 3.10. The number of nitriles is 2. The molecule has 114 valence electrons. The van der Waals surface area contributed by atoms with Crippen LogP contribution in [0, 0.1) is 28.5 Å². The summed E-state index contributed by atoms with van der Waals surface area (Å²) in [6.07, 6.45) is 3.22. The number of nitrogens with one attached hydrogen (secondary N) is 2. The number of allylic oxidation sites excluding steroid dienone is 1. The number of benzene rings is 1. The van der Waals surface area contributed by atoms with Crippen molar-refractivity contribution in [2.75, 3.05) is 6.54 Å². The summed E-state index contributed by atoms with van der Waals surface area (Å²) in [5, 5.41) is 20.5. The highest BCUT2D eigenvalue weighted by molar-refractivity contribution is 5.94. The largest absolute Gasteiger partial charge is 0.364 e. The molecule has 1 atom stereocenters. The van der Waals surface area contributed by atoms with Crippen LogP contribution in [0.2, 0.25) is 0 Å². The molecule has 2 aromatic rings. The van der Waals surface area contributed by atoms with Crippen molar-refractivity contribution in [1.29, 1.82) is 10.5 Å². The number of halogens is 1. The molecule has 1 amide bonds. The summed E-state index contributed by atoms with van der Waals surface area (Å²) in [6, 6.07) is 12.4. The molecule has 0 saturated heterocycles. The average molecular weight is 308 g/mol. The Kier molecular flexibility index (Phi) is 5.27. The van der Waals surface area contributed by atoms with Gasteiger partial charge in [0.05, 0.1) is 0 Å². The Balaban J connectivity index is 2.11. The van der Waals surface area contributed by atoms with E-state index in [2.05, 4.69) is 10.3 Å². The van der Waals surface area contributed by atoms with Crippen molar-refractivity contribution < 1.29 is 9.18 Å². The number of carbonyl (C=O) groups excluding carboxylic acids is 1. The fraction of sp³-hybridized carbons (Fsp3) is 0.118. The molecule has 0 aliphatic rings. The number of amides is 1. The molecule has 1 aromatic carbocycles. The third-order valence-electron chi connectivity index (χ3n) is 3.22. The Bertz CT molecular complexity index is 763. The minimum Gasteiger partial charge on any atom is -0.364 e. The number of rotatable bonds is 5. The monoisotopic (exact) mass is 308 g/mol. The van der Waals surface area contributed by atoms with Gasteiger partial charge >= 0.3 is 0 Å². The molecule has 1 heterocycles. The molecule has 23 heavy (non-hydrogen) atoms. The van der Waals surface area contributed by atoms with Gasteiger partial charge in [-0.15, -0.1) is 0 Å². The van der Waals surface area contributed by atoms with Crippen molar-refractivity contribution >= 4 is 5.91 Å². The fourth-order valence-electron chi connectivity index (χ4n) is 2.04. The number of hydrogen-bond acceptors (Lipinski definition) is 3. The zero-order valence-corrected chi connectivity index (χ0v) is 12.1. The summed E-state index contributed by atoms with van der Waals surface area (Å²) in [4.78, 5) is 15.1. The van der Waals surface area contributed by atoms with E-state index in [-0.39, 0.29) is 23.9 Å². The molecular weight excluding hydrogens is 295 g/mol. The number of carbonyl (C=O) groups is 1. The SMILES string of the molecule is N#CC(C#N)=CC(CNC(=O)c1ccc(F)cc1)c1ccc[nH]1. The second kappa shape index (κ2) is 7.58. The lowest BCUT2D eigenvalue weighted by Gasteiger charge is -2.13. The van der Waals surface area contributed by atoms with Crippen LogP contribution < -0.4 is 5.32 Å². The first-order chi connectivity index (χ1) is 11.1. The molecule has 0 aliphatic heterocycles. The van der Waals surface area contributed by atoms with E-state index in [1.807, 2.05) is 0 Å². The lowest BCUT2D eigenvalue weighted by atomic mass is 10.0. The predicted octanol–water partition coefficient (Wildman–Crippen LogP) is 2.64. The summed E-state index contributed by atoms with van der Waals surface area (Å²) in [5.74, 6) is -1.12. The number of hydrogen-bond donors (Lipinski definition) is 2. The van der Waals surface area contributed by atoms with Gasteiger partial charge in [0.1, 0.15) is 23.5 Å². The fourth-order valence-corrected chi connectivity index (χ4v) is 2.04. The molecular formula is C17H13FN4O. The first-order valence-electron chi connectivity index (χ1n) is 6.83. The van der Waals surface area contributed by atoms with E-state index in [4.69, 9.17) is 10.5 Å². The molecule has 0 bridgehead atoms. The normalized spacial score (nSPS) is 10.9. The van der Waals surface area contributed by atoms with E-state index >= 15 is 0 Å². The van der Waals surface area contributed by atoms with Crippen LogP contribution in [0.1, 0.15) is 22.0 Å². The van der Waals surface area contributed by atoms with Crippen molar-refractivity contribution in [3.63, 3.8) is 0 Å². The quantitative estimate of drug-likeness (QED) is 0.832. The van der Waals surface area contributed by atoms with Crippen LogP contribution in [0.15, 0.2) is 54.2 Å². The van der Waals surface area contributed by atoms with Gasteiger partial charge in [0.25, 0.3) is 5.91 Å². The second-order valence-electron chi connectivity index (χ2n) is 4.75. The molecule has 5 nitrogen and oxygen atoms in total. The van der Waals surface area contributed by atoms with Gasteiger partial charge in [-0.1, -0.05) is 0 Å². The van der Waals surface area contributed by atoms with Crippen LogP contribution in [-0.2, 0) is 0 Å². The van der Waals surface area contributed by atoms with Crippen LogP contribution in [0.25, 0.3) is 0 Å². The lowest BCUT2D eigenvalue weighted by Crippen LogP contribution is -2.28. The van der Waals surface area contributed by atoms with E-state index in [0.29, 0.717) is 5.56 Å². The number of aromatic nitrogens is 1. The van der Waals surface area contributed by atoms with Crippen LogP contribution in [0.3, 0.4) is 0 Å². The van der Waals surface area contributed by atoms with Gasteiger partial charge in [-0.2, -0.15) is 10.5 Å². The minimum absolute atomic E-state index is 0.0272. The van der Waals surface area contributed by atoms with Gasteiger partial charge in [0, 0.05) is 29.9 Å². The lowest BCUT2D eigenvalue weighted by molar-refractivity contribution is 0.0952. The third-order valence-corrected chi connectivity index (χ3v) is 3.22. The summed E-state index contributed by atoms with van der Waals surface area (Å²) in [5.41, 5.74) is 1.08. The van der Waals surface area contributed by atoms with Crippen LogP contribution in [0.5, 0.6) is 0 Å². The summed E-state index contributed by atoms with van der Waals surface area (Å²) in [6.45, 7) is 0.198. The van der Waals surface area contributed by atoms with Crippen molar-refractivity contribution in [3.05, 3.63) is 71.3 Å². The first kappa shape index (κ1) is 16.0. The van der Waals surface area contributed by atoms with E-state index in [1.165, 1.54) is 30.3 Å². The topological polar surface area (TPSA) is 92.5 Å². The second-order valence-corrected chi connectivity index (χ2v) is 4.75. The van der Waals surface area contributed by atoms with Crippen LogP contribution >= 0.6 is 0 Å². The number of nitrogens with zero attached hydrogens (tertiary/aromatic N) is 2. The van der Waals surface area contributed by atoms with E-state index in [0.717, 1.165) is 5.69 Å². The zero-order chi connectivity index (χ0) is 16.7. The third kappa shape index (κ3) is 4.29. The van der Waals surface area contributed by atoms with Gasteiger partial charge in [-0.3, -0.25) is 4.79 Å². The molecule has 2 rings (SSSR count). The number of H-pyrrole nitrogens is 1. The molecule has 0 fully saturated rings. The maximum Gasteiger partial charge on any atom is 0.251 e. The Labute approximate surface area is 132 Å². The maximum atomic E-state index is 12.9. The molecule has 0 spiro atoms. The van der Waals surface area contributed by atoms with Crippen LogP contribution in [0.4, 0.5) is 4.39 Å². The number of aromatic amines is 1. The first-order valence-corrected chi connectivity index (χ1v) is 6.83. The molecule has 6 heteroatoms. The Morgan fingerprint density at radius 3 is 2.52 bits per heavy atom. The van der Waals surface area contributed by atoms with Crippen molar-refractivity contribution in [2.45, 2.75) is 5.92 Å². The minimum atomic E-state index is -0.415. The van der Waals surface area contributed by atoms with Crippen molar-refractivity contribution in [1.82, 2.24) is 10.3 Å². The molecule has 0 saturated carbocycles. The van der Waals surface area contributed by atoms with Gasteiger partial charge < -0.3 is 10.3 Å². The van der Waals surface area contributed by atoms with Crippen molar-refractivity contribution in [2.24, 2.45) is 0 Å². The molecule has 0 aliphatic carbocycles. The van der Waals surface area contributed by atoms with Crippen LogP contribution in [-0.4, -0.2) is 17.4 Å². The predicted molar refractivity (Wildman–Crippen MR) is 81.6 cm³/mol. The molecule has 1 aromatic heterocycles. The standard InChI is InChI=1S/C17H13FN4O/c18-15-5-3-13(4-6-15)17(23)22-11-14(8-12(9-19)10-20)16-2-1-7-21-16/h1-8,14,21H,11H2,(H,22,23). The highest BCUT2D eigenvalue weighted by atomic mass is 19.1. The summed E-state index contributed by atoms with van der Waals surface area (Å²) in [7, 11) is 0. The van der Waals surface area contributed by atoms with Gasteiger partial charge in [-0.05, 0) is 42.5 Å². The smallest absolute Gasteiger partial charge is 0.251 e. The highest BCUT2D eigenvalue weighted by Crippen LogP contribution is 2.16. The summed E-state index contributed by atoms with van der Waals surface area (Å²) < 4.78 is 12.9. The molecule has 2 N–H and O–H groups in total. The van der Waals surface area contributed by atoms with Gasteiger partial charge in [0.2, 0.25) is 0 Å². The van der Waals surface area contributed by atoms with E-state index in [9.17, 15) is 9.18 Å². The van der Waals surface area contributed by atoms with E-state index in [1.54, 1.807) is 30.5 Å².